The van der Waals surface area contributed by atoms with Crippen molar-refractivity contribution < 1.29 is 9.30 Å². The van der Waals surface area contributed by atoms with Crippen molar-refractivity contribution >= 4 is 21.6 Å². The van der Waals surface area contributed by atoms with Crippen molar-refractivity contribution in [2.45, 2.75) is 19.4 Å². The molecule has 0 aliphatic carbocycles. The summed E-state index contributed by atoms with van der Waals surface area (Å²) in [6.45, 7) is 2.97. The Balaban J connectivity index is 2.08. The number of aromatic nitrogens is 1. The summed E-state index contributed by atoms with van der Waals surface area (Å²) in [6.07, 6.45) is 1.08. The van der Waals surface area contributed by atoms with Crippen molar-refractivity contribution in [1.82, 2.24) is 0 Å². The summed E-state index contributed by atoms with van der Waals surface area (Å²) in [5.74, 6) is 1.00. The lowest BCUT2D eigenvalue weighted by atomic mass is 10.2. The van der Waals surface area contributed by atoms with Gasteiger partial charge in [0.05, 0.1) is 5.56 Å². The van der Waals surface area contributed by atoms with Gasteiger partial charge in [-0.1, -0.05) is 42.5 Å². The van der Waals surface area contributed by atoms with Gasteiger partial charge in [0.25, 0.3) is 5.01 Å². The van der Waals surface area contributed by atoms with Crippen LogP contribution in [0.25, 0.3) is 20.8 Å². The van der Waals surface area contributed by atoms with Gasteiger partial charge >= 0.3 is 0 Å². The molecule has 3 aromatic rings. The number of benzene rings is 2. The zero-order valence-electron chi connectivity index (χ0n) is 11.4. The average Bonchev–Trinajstić information content (AvgIpc) is 2.80. The molecular weight excluding hydrogens is 266 g/mol. The van der Waals surface area contributed by atoms with Crippen molar-refractivity contribution in [3.63, 3.8) is 0 Å². The number of thiazole rings is 1. The van der Waals surface area contributed by atoms with Crippen LogP contribution in [0.5, 0.6) is 5.75 Å². The minimum absolute atomic E-state index is 0.397. The first-order chi connectivity index (χ1) is 9.88. The van der Waals surface area contributed by atoms with Gasteiger partial charge in [-0.25, -0.2) is 0 Å². The standard InChI is InChI=1S/C17H16NOS/c1-2-12-11-19-15-9-5-3-7-13(15)17-18(12)14-8-4-6-10-16(14)20-17/h3-10,12H,2,11H2,1H3/q+1. The SMILES string of the molecule is CCC1COc2ccccc2-c2sc3ccccc3[n+]21. The van der Waals surface area contributed by atoms with E-state index in [-0.39, 0.29) is 0 Å². The molecule has 1 atom stereocenters. The molecular formula is C17H16NOS+. The molecule has 1 unspecified atom stereocenters. The maximum atomic E-state index is 6.03. The van der Waals surface area contributed by atoms with E-state index in [9.17, 15) is 0 Å². The summed E-state index contributed by atoms with van der Waals surface area (Å²) in [7, 11) is 0. The fourth-order valence-corrected chi connectivity index (χ4v) is 4.13. The fourth-order valence-electron chi connectivity index (χ4n) is 2.88. The van der Waals surface area contributed by atoms with Crippen LogP contribution in [0.2, 0.25) is 0 Å². The van der Waals surface area contributed by atoms with Gasteiger partial charge in [-0.3, -0.25) is 0 Å². The summed E-state index contributed by atoms with van der Waals surface area (Å²) in [6, 6.07) is 17.4. The van der Waals surface area contributed by atoms with E-state index in [0.717, 1.165) is 18.8 Å². The monoisotopic (exact) mass is 282 g/mol. The first kappa shape index (κ1) is 11.9. The Morgan fingerprint density at radius 3 is 2.85 bits per heavy atom. The van der Waals surface area contributed by atoms with Gasteiger partial charge in [0.15, 0.2) is 6.04 Å². The largest absolute Gasteiger partial charge is 0.486 e. The zero-order chi connectivity index (χ0) is 13.5. The number of ether oxygens (including phenoxy) is 1. The van der Waals surface area contributed by atoms with Gasteiger partial charge < -0.3 is 4.74 Å². The molecule has 1 aromatic heterocycles. The Hall–Kier alpha value is -1.87. The number of hydrogen-bond acceptors (Lipinski definition) is 2. The summed E-state index contributed by atoms with van der Waals surface area (Å²) >= 11 is 1.86. The minimum atomic E-state index is 0.397. The quantitative estimate of drug-likeness (QED) is 0.610. The predicted octanol–water partition coefficient (Wildman–Crippen LogP) is 4.20. The van der Waals surface area contributed by atoms with Crippen LogP contribution in [-0.4, -0.2) is 6.61 Å². The second-order valence-corrected chi connectivity index (χ2v) is 6.14. The van der Waals surface area contributed by atoms with Gasteiger partial charge in [-0.2, -0.15) is 4.57 Å². The normalized spacial score (nSPS) is 17.1. The van der Waals surface area contributed by atoms with E-state index in [1.807, 2.05) is 17.4 Å². The van der Waals surface area contributed by atoms with Crippen LogP contribution in [0.1, 0.15) is 19.4 Å². The fraction of sp³-hybridized carbons (Fsp3) is 0.235. The first-order valence-corrected chi connectivity index (χ1v) is 7.85. The third-order valence-corrected chi connectivity index (χ3v) is 5.11. The van der Waals surface area contributed by atoms with Crippen LogP contribution >= 0.6 is 11.3 Å². The number of rotatable bonds is 1. The second-order valence-electron chi connectivity index (χ2n) is 5.11. The lowest BCUT2D eigenvalue weighted by molar-refractivity contribution is -0.685. The summed E-state index contributed by atoms with van der Waals surface area (Å²) < 4.78 is 9.84. The number of hydrogen-bond donors (Lipinski definition) is 0. The Bertz CT molecular complexity index is 778. The predicted molar refractivity (Wildman–Crippen MR) is 82.3 cm³/mol. The number of para-hydroxylation sites is 2. The lowest BCUT2D eigenvalue weighted by Gasteiger charge is -2.08. The summed E-state index contributed by atoms with van der Waals surface area (Å²) in [4.78, 5) is 0. The van der Waals surface area contributed by atoms with Crippen molar-refractivity contribution in [2.75, 3.05) is 6.61 Å². The molecule has 0 fully saturated rings. The molecule has 1 aliphatic rings. The molecule has 0 radical (unpaired) electrons. The Labute approximate surface area is 122 Å². The van der Waals surface area contributed by atoms with Crippen molar-refractivity contribution in [3.8, 4) is 16.3 Å². The molecule has 20 heavy (non-hydrogen) atoms. The van der Waals surface area contributed by atoms with Gasteiger partial charge in [0, 0.05) is 12.5 Å². The molecule has 2 heterocycles. The minimum Gasteiger partial charge on any atom is -0.486 e. The maximum absolute atomic E-state index is 6.03. The van der Waals surface area contributed by atoms with Gasteiger partial charge in [-0.15, -0.1) is 0 Å². The van der Waals surface area contributed by atoms with E-state index in [0.29, 0.717) is 6.04 Å². The molecule has 100 valence electrons. The molecule has 0 spiro atoms. The number of nitrogens with zero attached hydrogens (tertiary/aromatic N) is 1. The highest BCUT2D eigenvalue weighted by molar-refractivity contribution is 7.21. The Kier molecular flexibility index (Phi) is 2.74. The van der Waals surface area contributed by atoms with E-state index in [4.69, 9.17) is 4.74 Å². The highest BCUT2D eigenvalue weighted by atomic mass is 32.1. The Morgan fingerprint density at radius 2 is 1.95 bits per heavy atom. The first-order valence-electron chi connectivity index (χ1n) is 7.03. The van der Waals surface area contributed by atoms with E-state index < -0.39 is 0 Å². The molecule has 0 N–H and O–H groups in total. The molecule has 3 heteroatoms. The summed E-state index contributed by atoms with van der Waals surface area (Å²) in [5, 5.41) is 1.31. The van der Waals surface area contributed by atoms with Crippen LogP contribution in [0, 0.1) is 0 Å². The average molecular weight is 282 g/mol. The number of fused-ring (bicyclic) bond motifs is 5. The molecule has 2 nitrogen and oxygen atoms in total. The molecule has 0 saturated carbocycles. The van der Waals surface area contributed by atoms with Crippen molar-refractivity contribution in [1.29, 1.82) is 0 Å². The second kappa shape index (κ2) is 4.60. The maximum Gasteiger partial charge on any atom is 0.274 e. The third-order valence-electron chi connectivity index (χ3n) is 3.94. The van der Waals surface area contributed by atoms with Crippen molar-refractivity contribution in [2.24, 2.45) is 0 Å². The molecule has 1 aliphatic heterocycles. The molecule has 0 bridgehead atoms. The third kappa shape index (κ3) is 1.66. The van der Waals surface area contributed by atoms with Crippen molar-refractivity contribution in [3.05, 3.63) is 48.5 Å². The highest BCUT2D eigenvalue weighted by Crippen LogP contribution is 2.37. The summed E-state index contributed by atoms with van der Waals surface area (Å²) in [5.41, 5.74) is 2.53. The Morgan fingerprint density at radius 1 is 1.15 bits per heavy atom. The van der Waals surface area contributed by atoms with Crippen LogP contribution in [-0.2, 0) is 0 Å². The van der Waals surface area contributed by atoms with Crippen LogP contribution in [0.15, 0.2) is 48.5 Å². The smallest absolute Gasteiger partial charge is 0.274 e. The molecule has 2 aromatic carbocycles. The van der Waals surface area contributed by atoms with E-state index in [1.54, 1.807) is 0 Å². The van der Waals surface area contributed by atoms with Crippen LogP contribution < -0.4 is 9.30 Å². The lowest BCUT2D eigenvalue weighted by Crippen LogP contribution is -2.41. The van der Waals surface area contributed by atoms with Crippen LogP contribution in [0.3, 0.4) is 0 Å². The molecule has 0 amide bonds. The van der Waals surface area contributed by atoms with E-state index in [1.165, 1.54) is 20.8 Å². The van der Waals surface area contributed by atoms with E-state index >= 15 is 0 Å². The zero-order valence-corrected chi connectivity index (χ0v) is 12.2. The topological polar surface area (TPSA) is 13.1 Å². The van der Waals surface area contributed by atoms with Gasteiger partial charge in [-0.05, 0) is 18.2 Å². The van der Waals surface area contributed by atoms with Gasteiger partial charge in [0.1, 0.15) is 17.1 Å². The van der Waals surface area contributed by atoms with Crippen LogP contribution in [0.4, 0.5) is 0 Å². The highest BCUT2D eigenvalue weighted by Gasteiger charge is 2.33. The van der Waals surface area contributed by atoms with E-state index in [2.05, 4.69) is 54.0 Å². The van der Waals surface area contributed by atoms with Gasteiger partial charge in [0.2, 0.25) is 5.52 Å². The molecule has 4 rings (SSSR count). The molecule has 0 saturated heterocycles.